The Hall–Kier alpha value is -0.450. The Labute approximate surface area is 97.4 Å². The van der Waals surface area contributed by atoms with E-state index in [2.05, 4.69) is 15.9 Å². The van der Waals surface area contributed by atoms with Crippen LogP contribution in [0.2, 0.25) is 0 Å². The highest BCUT2D eigenvalue weighted by Gasteiger charge is 2.20. The van der Waals surface area contributed by atoms with E-state index in [1.807, 2.05) is 13.8 Å². The van der Waals surface area contributed by atoms with Gasteiger partial charge in [-0.25, -0.2) is 4.39 Å². The van der Waals surface area contributed by atoms with Gasteiger partial charge in [-0.05, 0) is 39.5 Å². The molecule has 0 unspecified atom stereocenters. The molecule has 0 saturated heterocycles. The maximum atomic E-state index is 13.2. The number of hydrogen-bond donors (Lipinski definition) is 2. The molecule has 0 aromatic heterocycles. The molecular weight excluding hydrogens is 261 g/mol. The summed E-state index contributed by atoms with van der Waals surface area (Å²) in [5, 5.41) is 9.75. The second-order valence-electron chi connectivity index (χ2n) is 3.93. The molecule has 2 nitrogen and oxygen atoms in total. The van der Waals surface area contributed by atoms with Crippen molar-refractivity contribution in [3.63, 3.8) is 0 Å². The van der Waals surface area contributed by atoms with E-state index in [0.29, 0.717) is 10.0 Å². The molecule has 1 rings (SSSR count). The summed E-state index contributed by atoms with van der Waals surface area (Å²) >= 11 is 3.07. The minimum absolute atomic E-state index is 0.0479. The van der Waals surface area contributed by atoms with Gasteiger partial charge in [0.15, 0.2) is 0 Å². The van der Waals surface area contributed by atoms with Gasteiger partial charge in [-0.1, -0.05) is 19.9 Å². The maximum Gasteiger partial charge on any atom is 0.137 e. The van der Waals surface area contributed by atoms with Gasteiger partial charge in [0.25, 0.3) is 0 Å². The highest BCUT2D eigenvalue weighted by molar-refractivity contribution is 9.10. The van der Waals surface area contributed by atoms with Crippen molar-refractivity contribution in [2.75, 3.05) is 0 Å². The fourth-order valence-electron chi connectivity index (χ4n) is 1.33. The fraction of sp³-hybridized carbons (Fsp3) is 0.455. The highest BCUT2D eigenvalue weighted by atomic mass is 79.9. The molecule has 1 aromatic rings. The van der Waals surface area contributed by atoms with Crippen LogP contribution in [-0.2, 0) is 0 Å². The van der Waals surface area contributed by atoms with Crippen LogP contribution in [0.1, 0.15) is 25.5 Å². The average molecular weight is 276 g/mol. The first-order chi connectivity index (χ1) is 6.93. The lowest BCUT2D eigenvalue weighted by atomic mass is 9.94. The number of aliphatic hydroxyl groups excluding tert-OH is 1. The van der Waals surface area contributed by atoms with Crippen LogP contribution in [-0.4, -0.2) is 11.2 Å². The normalized spacial score (nSPS) is 15.4. The molecule has 0 fully saturated rings. The van der Waals surface area contributed by atoms with Crippen LogP contribution in [0, 0.1) is 11.7 Å². The molecule has 0 spiro atoms. The zero-order valence-corrected chi connectivity index (χ0v) is 10.3. The van der Waals surface area contributed by atoms with E-state index in [1.54, 1.807) is 12.1 Å². The van der Waals surface area contributed by atoms with Gasteiger partial charge in [-0.2, -0.15) is 0 Å². The Morgan fingerprint density at radius 2 is 2.00 bits per heavy atom. The van der Waals surface area contributed by atoms with Crippen LogP contribution in [0.5, 0.6) is 0 Å². The molecule has 0 heterocycles. The van der Waals surface area contributed by atoms with Gasteiger partial charge in [-0.3, -0.25) is 0 Å². The second-order valence-corrected chi connectivity index (χ2v) is 4.79. The minimum atomic E-state index is -0.662. The largest absolute Gasteiger partial charge is 0.391 e. The van der Waals surface area contributed by atoms with E-state index in [4.69, 9.17) is 5.73 Å². The summed E-state index contributed by atoms with van der Waals surface area (Å²) in [6.45, 7) is 3.75. The molecule has 3 N–H and O–H groups in total. The summed E-state index contributed by atoms with van der Waals surface area (Å²) in [4.78, 5) is 0. The van der Waals surface area contributed by atoms with Gasteiger partial charge < -0.3 is 10.8 Å². The molecule has 15 heavy (non-hydrogen) atoms. The van der Waals surface area contributed by atoms with Crippen molar-refractivity contribution < 1.29 is 9.50 Å². The number of nitrogens with two attached hydrogens (primary N) is 1. The van der Waals surface area contributed by atoms with Crippen LogP contribution < -0.4 is 5.73 Å². The number of rotatable bonds is 3. The smallest absolute Gasteiger partial charge is 0.137 e. The first-order valence-electron chi connectivity index (χ1n) is 4.82. The molecule has 2 atom stereocenters. The van der Waals surface area contributed by atoms with E-state index in [9.17, 15) is 9.50 Å². The maximum absolute atomic E-state index is 13.2. The first-order valence-corrected chi connectivity index (χ1v) is 5.61. The van der Waals surface area contributed by atoms with Gasteiger partial charge in [-0.15, -0.1) is 0 Å². The molecule has 84 valence electrons. The predicted molar refractivity (Wildman–Crippen MR) is 61.9 cm³/mol. The van der Waals surface area contributed by atoms with Crippen LogP contribution in [0.3, 0.4) is 0 Å². The van der Waals surface area contributed by atoms with E-state index in [-0.39, 0.29) is 11.7 Å². The fourth-order valence-corrected chi connectivity index (χ4v) is 1.58. The van der Waals surface area contributed by atoms with Crippen molar-refractivity contribution in [1.82, 2.24) is 0 Å². The average Bonchev–Trinajstić information content (AvgIpc) is 2.19. The third-order valence-electron chi connectivity index (χ3n) is 2.38. The Morgan fingerprint density at radius 3 is 2.47 bits per heavy atom. The third kappa shape index (κ3) is 3.00. The Balaban J connectivity index is 2.91. The van der Waals surface area contributed by atoms with Gasteiger partial charge in [0.1, 0.15) is 5.82 Å². The standard InChI is InChI=1S/C11H15BrFNO/c1-6(2)11(15)10(14)7-3-4-8(12)9(13)5-7/h3-6,10-11,15H,14H2,1-2H3/t10-,11+/m1/s1. The summed E-state index contributed by atoms with van der Waals surface area (Å²) in [6.07, 6.45) is -0.662. The van der Waals surface area contributed by atoms with Gasteiger partial charge >= 0.3 is 0 Å². The van der Waals surface area contributed by atoms with Crippen molar-refractivity contribution in [3.05, 3.63) is 34.1 Å². The van der Waals surface area contributed by atoms with Gasteiger partial charge in [0, 0.05) is 0 Å². The predicted octanol–water partition coefficient (Wildman–Crippen LogP) is 2.60. The highest BCUT2D eigenvalue weighted by Crippen LogP contribution is 2.23. The van der Waals surface area contributed by atoms with E-state index < -0.39 is 12.1 Å². The van der Waals surface area contributed by atoms with E-state index >= 15 is 0 Å². The van der Waals surface area contributed by atoms with Crippen molar-refractivity contribution in [2.24, 2.45) is 11.7 Å². The summed E-state index contributed by atoms with van der Waals surface area (Å²) in [6, 6.07) is 4.11. The van der Waals surface area contributed by atoms with Crippen molar-refractivity contribution in [1.29, 1.82) is 0 Å². The SMILES string of the molecule is CC(C)[C@H](O)[C@H](N)c1ccc(Br)c(F)c1. The second kappa shape index (κ2) is 5.05. The van der Waals surface area contributed by atoms with E-state index in [1.165, 1.54) is 6.07 Å². The van der Waals surface area contributed by atoms with Crippen molar-refractivity contribution in [3.8, 4) is 0 Å². The molecule has 4 heteroatoms. The molecule has 1 aromatic carbocycles. The minimum Gasteiger partial charge on any atom is -0.391 e. The molecule has 0 amide bonds. The molecule has 0 aliphatic heterocycles. The lowest BCUT2D eigenvalue weighted by molar-refractivity contribution is 0.0978. The zero-order valence-electron chi connectivity index (χ0n) is 8.74. The Bertz CT molecular complexity index is 343. The molecule has 0 radical (unpaired) electrons. The topological polar surface area (TPSA) is 46.2 Å². The van der Waals surface area contributed by atoms with Crippen LogP contribution in [0.15, 0.2) is 22.7 Å². The number of halogens is 2. The number of aliphatic hydroxyl groups is 1. The molecule has 0 aliphatic rings. The molecule has 0 saturated carbocycles. The summed E-state index contributed by atoms with van der Waals surface area (Å²) in [7, 11) is 0. The lowest BCUT2D eigenvalue weighted by Gasteiger charge is -2.22. The van der Waals surface area contributed by atoms with Crippen LogP contribution in [0.25, 0.3) is 0 Å². The number of hydrogen-bond acceptors (Lipinski definition) is 2. The Kier molecular flexibility index (Phi) is 4.25. The van der Waals surface area contributed by atoms with Crippen molar-refractivity contribution in [2.45, 2.75) is 26.0 Å². The molecular formula is C11H15BrFNO. The molecule has 0 aliphatic carbocycles. The summed E-state index contributed by atoms with van der Waals surface area (Å²) in [5.74, 6) is -0.314. The lowest BCUT2D eigenvalue weighted by Crippen LogP contribution is -2.30. The first kappa shape index (κ1) is 12.6. The Morgan fingerprint density at radius 1 is 1.40 bits per heavy atom. The van der Waals surface area contributed by atoms with Crippen molar-refractivity contribution >= 4 is 15.9 Å². The van der Waals surface area contributed by atoms with Gasteiger partial charge in [0.05, 0.1) is 16.6 Å². The third-order valence-corrected chi connectivity index (χ3v) is 3.02. The van der Waals surface area contributed by atoms with Crippen LogP contribution in [0.4, 0.5) is 4.39 Å². The van der Waals surface area contributed by atoms with Gasteiger partial charge in [0.2, 0.25) is 0 Å². The number of benzene rings is 1. The van der Waals surface area contributed by atoms with Crippen LogP contribution >= 0.6 is 15.9 Å². The zero-order chi connectivity index (χ0) is 11.6. The summed E-state index contributed by atoms with van der Waals surface area (Å²) < 4.78 is 13.6. The molecule has 0 bridgehead atoms. The summed E-state index contributed by atoms with van der Waals surface area (Å²) in [5.41, 5.74) is 6.43. The monoisotopic (exact) mass is 275 g/mol. The van der Waals surface area contributed by atoms with E-state index in [0.717, 1.165) is 0 Å². The quantitative estimate of drug-likeness (QED) is 0.891.